The molecule has 9 rings (SSSR count). The number of H-pyrrole nitrogens is 1. The normalized spacial score (nSPS) is 18.4. The summed E-state index contributed by atoms with van der Waals surface area (Å²) in [7, 11) is 0. The largest absolute Gasteiger partial charge is 0.439 e. The zero-order valence-electron chi connectivity index (χ0n) is 26.6. The van der Waals surface area contributed by atoms with E-state index in [4.69, 9.17) is 14.5 Å². The third-order valence-corrected chi connectivity index (χ3v) is 11.3. The topological polar surface area (TPSA) is 108 Å². The first-order valence-electron chi connectivity index (χ1n) is 16.6. The van der Waals surface area contributed by atoms with E-state index >= 15 is 0 Å². The van der Waals surface area contributed by atoms with Gasteiger partial charge in [-0.05, 0) is 91.4 Å². The van der Waals surface area contributed by atoms with E-state index in [1.807, 2.05) is 17.0 Å². The molecule has 1 N–H and O–H groups in total. The molecule has 3 aliphatic rings. The number of nitrogens with one attached hydrogen (secondary N) is 1. The average molecular weight is 695 g/mol. The Bertz CT molecular complexity index is 2370. The van der Waals surface area contributed by atoms with Crippen molar-refractivity contribution in [2.24, 2.45) is 0 Å². The summed E-state index contributed by atoms with van der Waals surface area (Å²) in [6.45, 7) is 1.31. The molecule has 1 amide bonds. The standard InChI is InChI=1S/C37H29F3N6O3S/c38-22-9-5-19(6-10-22)7-12-25-29(34-43-37(48)49-44-34)30(31-32(42-25)27-4-2-16-46(27)36(31)47)28-18-21-13-14-41-35(33(21)50-28)45-15-1-3-26(45)20-8-11-23(39)24(40)17-20/h5-6,8-11,13-14,17-18,26-27H,1-4,7,12,15-16H2,(H,43,44,48)/t26-,27+/m0/s1. The van der Waals surface area contributed by atoms with Crippen LogP contribution in [0, 0.1) is 17.5 Å². The monoisotopic (exact) mass is 694 g/mol. The lowest BCUT2D eigenvalue weighted by Gasteiger charge is -2.26. The van der Waals surface area contributed by atoms with Gasteiger partial charge in [0.05, 0.1) is 39.3 Å². The molecule has 0 unspecified atom stereocenters. The minimum atomic E-state index is -0.886. The van der Waals surface area contributed by atoms with Gasteiger partial charge in [-0.15, -0.1) is 11.3 Å². The van der Waals surface area contributed by atoms with Crippen LogP contribution in [0.3, 0.4) is 0 Å². The first-order chi connectivity index (χ1) is 24.3. The summed E-state index contributed by atoms with van der Waals surface area (Å²) in [5.74, 6) is -2.05. The molecule has 2 fully saturated rings. The molecule has 50 heavy (non-hydrogen) atoms. The second-order valence-corrected chi connectivity index (χ2v) is 14.0. The number of rotatable bonds is 7. The number of carbonyl (C=O) groups excluding carboxylic acids is 1. The van der Waals surface area contributed by atoms with E-state index < -0.39 is 17.4 Å². The highest BCUT2D eigenvalue weighted by molar-refractivity contribution is 7.23. The Balaban J connectivity index is 1.23. The van der Waals surface area contributed by atoms with E-state index in [-0.39, 0.29) is 29.6 Å². The predicted molar refractivity (Wildman–Crippen MR) is 181 cm³/mol. The highest BCUT2D eigenvalue weighted by atomic mass is 32.1. The van der Waals surface area contributed by atoms with Gasteiger partial charge >= 0.3 is 5.76 Å². The summed E-state index contributed by atoms with van der Waals surface area (Å²) in [4.78, 5) is 43.9. The van der Waals surface area contributed by atoms with Crippen molar-refractivity contribution < 1.29 is 22.5 Å². The van der Waals surface area contributed by atoms with E-state index in [9.17, 15) is 22.8 Å². The number of anilines is 1. The van der Waals surface area contributed by atoms with Crippen LogP contribution in [0.1, 0.15) is 70.6 Å². The van der Waals surface area contributed by atoms with E-state index in [0.717, 1.165) is 58.1 Å². The molecule has 0 aliphatic carbocycles. The minimum Gasteiger partial charge on any atom is -0.348 e. The second-order valence-electron chi connectivity index (χ2n) is 13.0. The van der Waals surface area contributed by atoms with Gasteiger partial charge in [0.2, 0.25) is 0 Å². The van der Waals surface area contributed by atoms with Crippen LogP contribution < -0.4 is 10.7 Å². The van der Waals surface area contributed by atoms with Crippen LogP contribution in [0.25, 0.3) is 31.9 Å². The van der Waals surface area contributed by atoms with Crippen LogP contribution in [0.15, 0.2) is 70.1 Å². The minimum absolute atomic E-state index is 0.115. The van der Waals surface area contributed by atoms with Gasteiger partial charge in [-0.2, -0.15) is 0 Å². The SMILES string of the molecule is O=C1c2c(nc(CCc3ccc(F)cc3)c(-c3noc(=O)[nH]3)c2-c2cc3ccnc(N4CCC[C@H]4c4ccc(F)c(F)c4)c3s2)[C@H]2CCCN12. The average Bonchev–Trinajstić information content (AvgIpc) is 3.96. The third-order valence-electron chi connectivity index (χ3n) is 10.1. The summed E-state index contributed by atoms with van der Waals surface area (Å²) < 4.78 is 47.7. The fourth-order valence-electron chi connectivity index (χ4n) is 7.85. The molecule has 4 aromatic heterocycles. The second kappa shape index (κ2) is 11.9. The number of fused-ring (bicyclic) bond motifs is 4. The van der Waals surface area contributed by atoms with Gasteiger partial charge in [-0.1, -0.05) is 23.4 Å². The number of hydrogen-bond acceptors (Lipinski definition) is 8. The maximum absolute atomic E-state index is 14.3. The van der Waals surface area contributed by atoms with Gasteiger partial charge in [-0.25, -0.2) is 22.9 Å². The van der Waals surface area contributed by atoms with Crippen LogP contribution >= 0.6 is 11.3 Å². The number of halogens is 3. The van der Waals surface area contributed by atoms with Gasteiger partial charge in [0.15, 0.2) is 17.5 Å². The predicted octanol–water partition coefficient (Wildman–Crippen LogP) is 7.54. The molecule has 0 spiro atoms. The summed E-state index contributed by atoms with van der Waals surface area (Å²) >= 11 is 1.47. The molecule has 6 aromatic rings. The molecule has 3 aliphatic heterocycles. The Morgan fingerprint density at radius 1 is 0.860 bits per heavy atom. The highest BCUT2D eigenvalue weighted by Crippen LogP contribution is 2.51. The van der Waals surface area contributed by atoms with Crippen molar-refractivity contribution in [3.05, 3.63) is 117 Å². The number of hydrogen-bond donors (Lipinski definition) is 1. The van der Waals surface area contributed by atoms with Crippen molar-refractivity contribution in [3.8, 4) is 21.8 Å². The zero-order valence-corrected chi connectivity index (χ0v) is 27.4. The Morgan fingerprint density at radius 3 is 2.44 bits per heavy atom. The molecule has 13 heteroatoms. The van der Waals surface area contributed by atoms with Gasteiger partial charge in [0, 0.05) is 29.7 Å². The lowest BCUT2D eigenvalue weighted by Crippen LogP contribution is -2.23. The van der Waals surface area contributed by atoms with Crippen molar-refractivity contribution in [1.82, 2.24) is 25.0 Å². The summed E-state index contributed by atoms with van der Waals surface area (Å²) in [6.07, 6.45) is 5.97. The van der Waals surface area contributed by atoms with Gasteiger partial charge in [0.1, 0.15) is 11.6 Å². The number of aromatic amines is 1. The number of pyridine rings is 2. The van der Waals surface area contributed by atoms with E-state index in [1.54, 1.807) is 24.4 Å². The third kappa shape index (κ3) is 5.01. The molecule has 0 radical (unpaired) electrons. The Kier molecular flexibility index (Phi) is 7.34. The summed E-state index contributed by atoms with van der Waals surface area (Å²) in [5.41, 5.74) is 4.56. The molecule has 2 aromatic carbocycles. The number of thiophene rings is 1. The maximum Gasteiger partial charge on any atom is 0.439 e. The number of amides is 1. The number of nitrogens with zero attached hydrogens (tertiary/aromatic N) is 5. The van der Waals surface area contributed by atoms with Crippen LogP contribution in [-0.2, 0) is 12.8 Å². The van der Waals surface area contributed by atoms with Crippen LogP contribution in [0.2, 0.25) is 0 Å². The first-order valence-corrected chi connectivity index (χ1v) is 17.4. The Morgan fingerprint density at radius 2 is 1.66 bits per heavy atom. The zero-order chi connectivity index (χ0) is 34.1. The lowest BCUT2D eigenvalue weighted by molar-refractivity contribution is 0.0776. The van der Waals surface area contributed by atoms with E-state index in [1.165, 1.54) is 29.5 Å². The fraction of sp³-hybridized carbons (Fsp3) is 0.270. The molecule has 9 nitrogen and oxygen atoms in total. The van der Waals surface area contributed by atoms with Crippen molar-refractivity contribution in [2.75, 3.05) is 18.0 Å². The molecular formula is C37H29F3N6O3S. The summed E-state index contributed by atoms with van der Waals surface area (Å²) in [5, 5.41) is 4.98. The van der Waals surface area contributed by atoms with Gasteiger partial charge in [-0.3, -0.25) is 19.3 Å². The molecule has 2 saturated heterocycles. The van der Waals surface area contributed by atoms with E-state index in [2.05, 4.69) is 15.0 Å². The molecular weight excluding hydrogens is 666 g/mol. The Hall–Kier alpha value is -5.30. The van der Waals surface area contributed by atoms with Gasteiger partial charge < -0.3 is 9.80 Å². The van der Waals surface area contributed by atoms with E-state index in [0.29, 0.717) is 59.6 Å². The number of aromatic nitrogens is 4. The molecule has 0 saturated carbocycles. The molecule has 0 bridgehead atoms. The fourth-order valence-corrected chi connectivity index (χ4v) is 9.07. The Labute approximate surface area is 287 Å². The lowest BCUT2D eigenvalue weighted by atomic mass is 9.92. The molecule has 2 atom stereocenters. The maximum atomic E-state index is 14.3. The van der Waals surface area contributed by atoms with Gasteiger partial charge in [0.25, 0.3) is 5.91 Å². The number of carbonyl (C=O) groups is 1. The number of aryl methyl sites for hydroxylation is 2. The smallest absolute Gasteiger partial charge is 0.348 e. The van der Waals surface area contributed by atoms with Crippen molar-refractivity contribution in [1.29, 1.82) is 0 Å². The summed E-state index contributed by atoms with van der Waals surface area (Å²) in [6, 6.07) is 13.9. The van der Waals surface area contributed by atoms with Crippen molar-refractivity contribution in [3.63, 3.8) is 0 Å². The molecule has 252 valence electrons. The number of benzene rings is 2. The quantitative estimate of drug-likeness (QED) is 0.184. The highest BCUT2D eigenvalue weighted by Gasteiger charge is 2.45. The van der Waals surface area contributed by atoms with Crippen molar-refractivity contribution in [2.45, 2.75) is 50.6 Å². The molecule has 7 heterocycles. The van der Waals surface area contributed by atoms with Crippen LogP contribution in [-0.4, -0.2) is 44.0 Å². The van der Waals surface area contributed by atoms with Crippen LogP contribution in [0.5, 0.6) is 0 Å². The van der Waals surface area contributed by atoms with Crippen molar-refractivity contribution >= 4 is 33.1 Å². The van der Waals surface area contributed by atoms with Crippen LogP contribution in [0.4, 0.5) is 19.0 Å². The first kappa shape index (κ1) is 30.7.